The van der Waals surface area contributed by atoms with Crippen molar-refractivity contribution in [2.45, 2.75) is 32.6 Å². The first kappa shape index (κ1) is 18.1. The van der Waals surface area contributed by atoms with Gasteiger partial charge in [0.25, 0.3) is 0 Å². The highest BCUT2D eigenvalue weighted by molar-refractivity contribution is 5.71. The molecule has 0 nitrogen and oxygen atoms in total. The zero-order valence-corrected chi connectivity index (χ0v) is 15.3. The Labute approximate surface area is 156 Å². The van der Waals surface area contributed by atoms with E-state index in [1.54, 1.807) is 12.1 Å². The van der Waals surface area contributed by atoms with Crippen LogP contribution in [0.2, 0.25) is 0 Å². The topological polar surface area (TPSA) is 0 Å². The van der Waals surface area contributed by atoms with Crippen LogP contribution >= 0.6 is 0 Å². The van der Waals surface area contributed by atoms with Crippen molar-refractivity contribution >= 4 is 6.08 Å². The van der Waals surface area contributed by atoms with Crippen molar-refractivity contribution in [2.75, 3.05) is 0 Å². The fourth-order valence-electron chi connectivity index (χ4n) is 3.17. The number of benzene rings is 3. The lowest BCUT2D eigenvalue weighted by Gasteiger charge is -2.08. The van der Waals surface area contributed by atoms with Crippen molar-refractivity contribution in [3.8, 4) is 22.3 Å². The number of aryl methyl sites for hydroxylation is 1. The average Bonchev–Trinajstić information content (AvgIpc) is 2.69. The van der Waals surface area contributed by atoms with Crippen LogP contribution in [0.5, 0.6) is 0 Å². The highest BCUT2D eigenvalue weighted by atomic mass is 19.1. The van der Waals surface area contributed by atoms with Crippen LogP contribution in [0.25, 0.3) is 28.3 Å². The van der Waals surface area contributed by atoms with Gasteiger partial charge in [0.1, 0.15) is 5.82 Å². The minimum Gasteiger partial charge on any atom is -0.206 e. The minimum absolute atomic E-state index is 0.186. The van der Waals surface area contributed by atoms with Gasteiger partial charge in [-0.25, -0.2) is 4.39 Å². The van der Waals surface area contributed by atoms with Crippen LogP contribution in [0.4, 0.5) is 4.39 Å². The largest absolute Gasteiger partial charge is 0.206 e. The minimum atomic E-state index is -0.186. The van der Waals surface area contributed by atoms with E-state index in [2.05, 4.69) is 25.6 Å². The van der Waals surface area contributed by atoms with Gasteiger partial charge in [0.2, 0.25) is 0 Å². The van der Waals surface area contributed by atoms with Crippen LogP contribution in [0.3, 0.4) is 0 Å². The molecule has 0 amide bonds. The van der Waals surface area contributed by atoms with Gasteiger partial charge in [0.15, 0.2) is 0 Å². The number of halogens is 1. The quantitative estimate of drug-likeness (QED) is 0.388. The van der Waals surface area contributed by atoms with Crippen molar-refractivity contribution in [2.24, 2.45) is 0 Å². The van der Waals surface area contributed by atoms with E-state index in [1.807, 2.05) is 48.5 Å². The Hall–Kier alpha value is -2.67. The van der Waals surface area contributed by atoms with Crippen LogP contribution < -0.4 is 0 Å². The van der Waals surface area contributed by atoms with Crippen molar-refractivity contribution in [3.63, 3.8) is 0 Å². The van der Waals surface area contributed by atoms with E-state index in [0.717, 1.165) is 28.7 Å². The van der Waals surface area contributed by atoms with Gasteiger partial charge >= 0.3 is 0 Å². The van der Waals surface area contributed by atoms with Gasteiger partial charge in [-0.15, -0.1) is 0 Å². The second-order valence-corrected chi connectivity index (χ2v) is 6.67. The Morgan fingerprint density at radius 1 is 0.808 bits per heavy atom. The lowest BCUT2D eigenvalue weighted by Crippen LogP contribution is -1.89. The summed E-state index contributed by atoms with van der Waals surface area (Å²) in [7, 11) is 0. The molecule has 0 unspecified atom stereocenters. The summed E-state index contributed by atoms with van der Waals surface area (Å²) in [5.74, 6) is -0.186. The molecular formula is C25H25F. The summed E-state index contributed by atoms with van der Waals surface area (Å²) in [6, 6.07) is 21.7. The number of hydrogen-bond acceptors (Lipinski definition) is 0. The highest BCUT2D eigenvalue weighted by Gasteiger charge is 2.08. The Morgan fingerprint density at radius 2 is 1.46 bits per heavy atom. The Morgan fingerprint density at radius 3 is 2.08 bits per heavy atom. The van der Waals surface area contributed by atoms with E-state index in [9.17, 15) is 4.39 Å². The molecule has 0 radical (unpaired) electrons. The van der Waals surface area contributed by atoms with E-state index in [4.69, 9.17) is 0 Å². The number of rotatable bonds is 7. The molecular weight excluding hydrogens is 319 g/mol. The predicted octanol–water partition coefficient (Wildman–Crippen LogP) is 7.54. The van der Waals surface area contributed by atoms with Gasteiger partial charge < -0.3 is 0 Å². The molecule has 0 aliphatic heterocycles. The molecule has 3 aromatic carbocycles. The van der Waals surface area contributed by atoms with Crippen molar-refractivity contribution in [1.82, 2.24) is 0 Å². The smallest absolute Gasteiger partial charge is 0.131 e. The fraction of sp³-hybridized carbons (Fsp3) is 0.200. The molecule has 0 heterocycles. The molecule has 0 spiro atoms. The SMILES string of the molecule is C=Cc1ccc(-c2ccc(-c3ccc(CCCCC)cc3)c(F)c2)cc1. The summed E-state index contributed by atoms with van der Waals surface area (Å²) >= 11 is 0. The Bertz CT molecular complexity index is 858. The Kier molecular flexibility index (Phi) is 6.01. The molecule has 0 aliphatic rings. The first-order chi connectivity index (χ1) is 12.7. The predicted molar refractivity (Wildman–Crippen MR) is 111 cm³/mol. The number of hydrogen-bond donors (Lipinski definition) is 0. The zero-order chi connectivity index (χ0) is 18.4. The summed E-state index contributed by atoms with van der Waals surface area (Å²) in [4.78, 5) is 0. The van der Waals surface area contributed by atoms with E-state index in [1.165, 1.54) is 24.8 Å². The van der Waals surface area contributed by atoms with Crippen LogP contribution in [-0.4, -0.2) is 0 Å². The molecule has 0 atom stereocenters. The maximum absolute atomic E-state index is 14.7. The van der Waals surface area contributed by atoms with Crippen LogP contribution in [-0.2, 0) is 6.42 Å². The van der Waals surface area contributed by atoms with Gasteiger partial charge in [0, 0.05) is 5.56 Å². The number of unbranched alkanes of at least 4 members (excludes halogenated alkanes) is 2. The third-order valence-corrected chi connectivity index (χ3v) is 4.78. The molecule has 26 heavy (non-hydrogen) atoms. The van der Waals surface area contributed by atoms with Crippen LogP contribution in [0.15, 0.2) is 73.3 Å². The molecule has 1 heteroatoms. The standard InChI is InChI=1S/C25H25F/c1-3-5-6-7-20-10-14-22(15-11-20)24-17-16-23(18-25(24)26)21-12-8-19(4-2)9-13-21/h4,8-18H,2-3,5-7H2,1H3. The van der Waals surface area contributed by atoms with Crippen molar-refractivity contribution in [3.05, 3.63) is 90.3 Å². The second kappa shape index (κ2) is 8.62. The van der Waals surface area contributed by atoms with Crippen LogP contribution in [0, 0.1) is 5.82 Å². The fourth-order valence-corrected chi connectivity index (χ4v) is 3.17. The Balaban J connectivity index is 1.79. The molecule has 0 bridgehead atoms. The lowest BCUT2D eigenvalue weighted by atomic mass is 9.97. The molecule has 0 saturated heterocycles. The van der Waals surface area contributed by atoms with Crippen molar-refractivity contribution in [1.29, 1.82) is 0 Å². The third kappa shape index (κ3) is 4.29. The summed E-state index contributed by atoms with van der Waals surface area (Å²) in [5, 5.41) is 0. The average molecular weight is 344 g/mol. The van der Waals surface area contributed by atoms with E-state index >= 15 is 0 Å². The lowest BCUT2D eigenvalue weighted by molar-refractivity contribution is 0.632. The molecule has 132 valence electrons. The normalized spacial score (nSPS) is 10.7. The molecule has 3 rings (SSSR count). The summed E-state index contributed by atoms with van der Waals surface area (Å²) < 4.78 is 14.7. The maximum atomic E-state index is 14.7. The van der Waals surface area contributed by atoms with E-state index < -0.39 is 0 Å². The monoisotopic (exact) mass is 344 g/mol. The molecule has 0 fully saturated rings. The molecule has 0 saturated carbocycles. The summed E-state index contributed by atoms with van der Waals surface area (Å²) in [6.45, 7) is 5.97. The van der Waals surface area contributed by atoms with Gasteiger partial charge in [-0.3, -0.25) is 0 Å². The molecule has 0 N–H and O–H groups in total. The first-order valence-electron chi connectivity index (χ1n) is 9.33. The van der Waals surface area contributed by atoms with E-state index in [-0.39, 0.29) is 5.82 Å². The van der Waals surface area contributed by atoms with Gasteiger partial charge in [-0.2, -0.15) is 0 Å². The molecule has 3 aromatic rings. The van der Waals surface area contributed by atoms with Gasteiger partial charge in [-0.05, 0) is 46.7 Å². The molecule has 0 aromatic heterocycles. The summed E-state index contributed by atoms with van der Waals surface area (Å²) in [5.41, 5.74) is 5.85. The molecule has 0 aliphatic carbocycles. The summed E-state index contributed by atoms with van der Waals surface area (Å²) in [6.07, 6.45) is 6.59. The van der Waals surface area contributed by atoms with Gasteiger partial charge in [0.05, 0.1) is 0 Å². The van der Waals surface area contributed by atoms with E-state index in [0.29, 0.717) is 5.56 Å². The van der Waals surface area contributed by atoms with Crippen molar-refractivity contribution < 1.29 is 4.39 Å². The van der Waals surface area contributed by atoms with Crippen LogP contribution in [0.1, 0.15) is 37.3 Å². The maximum Gasteiger partial charge on any atom is 0.131 e. The zero-order valence-electron chi connectivity index (χ0n) is 15.3. The highest BCUT2D eigenvalue weighted by Crippen LogP contribution is 2.28. The van der Waals surface area contributed by atoms with Gasteiger partial charge in [-0.1, -0.05) is 93.1 Å². The first-order valence-corrected chi connectivity index (χ1v) is 9.33. The second-order valence-electron chi connectivity index (χ2n) is 6.67. The third-order valence-electron chi connectivity index (χ3n) is 4.78.